The molecule has 4 aromatic heterocycles. The van der Waals surface area contributed by atoms with Crippen LogP contribution in [0.4, 0.5) is 8.78 Å². The molecule has 0 atom stereocenters. The van der Waals surface area contributed by atoms with Crippen LogP contribution in [0.5, 0.6) is 11.5 Å². The molecule has 11 aromatic carbocycles. The Morgan fingerprint density at radius 2 is 0.669 bits per heavy atom. The quantitative estimate of drug-likeness (QED) is 0.0653. The third-order valence-corrected chi connectivity index (χ3v) is 24.4. The predicted molar refractivity (Wildman–Crippen MR) is 461 cm³/mol. The van der Waals surface area contributed by atoms with E-state index in [4.69, 9.17) is 9.47 Å². The second-order valence-corrected chi connectivity index (χ2v) is 36.1. The van der Waals surface area contributed by atoms with Crippen molar-refractivity contribution in [2.24, 2.45) is 0 Å². The molecule has 4 N–H and O–H groups in total. The maximum absolute atomic E-state index is 14.9. The molecular formula is C94H70F2N8O10S4. The first-order valence-electron chi connectivity index (χ1n) is 36.6. The standard InChI is InChI=1S/2C24H17FN2O2S.C24H18N2O2S.C22H18N2O4S/c1-24(2,23(28)29)30-17-6-3-15-12-27-13-22(20(15)10-17)19-7-4-14(11-26)18-8-5-16(25)9-21(18)19;1-24(2,23(28)29)30-15-9-19-20(12-27-13-21(19)22(25)10-15)18-8-7-14(11-26)16-5-3-4-6-17(16)18;1-24(2,23(27)28)29-17-10-9-16-13-26-14-22(21(16)11-17)20-8-4-6-18-15(12-25)5-3-7-19(18)20;1-22(2,21(25)26)29-15-5-3-14-11-24-12-18(17(14)9-15)16-6-4-13(10-23)19-20(16)28-8-7-27-19/h2*3-10,12-13H,1-2H3,(H,28,29);3-11,13-14H,1-2H3,(H,27,28);3-6,9,11-12H,7-8H2,1-2H3,(H,25,26). The van der Waals surface area contributed by atoms with Crippen LogP contribution in [0.2, 0.25) is 0 Å². The lowest BCUT2D eigenvalue weighted by Crippen LogP contribution is -2.26. The summed E-state index contributed by atoms with van der Waals surface area (Å²) in [6.45, 7) is 14.1. The Hall–Kier alpha value is -13.5. The van der Waals surface area contributed by atoms with Gasteiger partial charge in [-0.3, -0.25) is 39.1 Å². The second-order valence-electron chi connectivity index (χ2n) is 29.3. The number of ether oxygens (including phenoxy) is 2. The van der Waals surface area contributed by atoms with E-state index in [0.717, 1.165) is 125 Å². The van der Waals surface area contributed by atoms with Crippen LogP contribution in [-0.4, -0.2) is 96.4 Å². The average molecular weight is 1640 g/mol. The van der Waals surface area contributed by atoms with Crippen molar-refractivity contribution in [2.75, 3.05) is 13.2 Å². The molecule has 0 fully saturated rings. The molecule has 16 rings (SSSR count). The monoisotopic (exact) mass is 1640 g/mol. The highest BCUT2D eigenvalue weighted by Crippen LogP contribution is 2.48. The summed E-state index contributed by atoms with van der Waals surface area (Å²) >= 11 is 4.96. The first-order chi connectivity index (χ1) is 56.4. The van der Waals surface area contributed by atoms with E-state index in [1.165, 1.54) is 59.7 Å². The number of benzene rings is 11. The highest BCUT2D eigenvalue weighted by Gasteiger charge is 2.33. The Labute approximate surface area is 693 Å². The Bertz CT molecular complexity index is 6810. The van der Waals surface area contributed by atoms with E-state index in [2.05, 4.69) is 44.2 Å². The van der Waals surface area contributed by atoms with Crippen molar-refractivity contribution in [1.82, 2.24) is 19.9 Å². The minimum absolute atomic E-state index is 0.360. The lowest BCUT2D eigenvalue weighted by atomic mass is 9.93. The van der Waals surface area contributed by atoms with Crippen LogP contribution in [0.15, 0.2) is 251 Å². The second kappa shape index (κ2) is 34.2. The van der Waals surface area contributed by atoms with Crippen molar-refractivity contribution in [3.8, 4) is 80.3 Å². The topological polar surface area (TPSA) is 314 Å². The molecule has 0 aliphatic carbocycles. The van der Waals surface area contributed by atoms with E-state index in [9.17, 15) is 69.4 Å². The Morgan fingerprint density at radius 3 is 1.14 bits per heavy atom. The largest absolute Gasteiger partial charge is 0.485 e. The van der Waals surface area contributed by atoms with E-state index in [1.54, 1.807) is 123 Å². The molecule has 15 aromatic rings. The number of halogens is 2. The molecule has 118 heavy (non-hydrogen) atoms. The number of nitrogens with zero attached hydrogens (tertiary/aromatic N) is 8. The number of hydrogen-bond acceptors (Lipinski definition) is 18. The van der Waals surface area contributed by atoms with Crippen LogP contribution < -0.4 is 9.47 Å². The Morgan fingerprint density at radius 1 is 0.322 bits per heavy atom. The molecule has 5 heterocycles. The molecule has 0 bridgehead atoms. The van der Waals surface area contributed by atoms with Gasteiger partial charge in [-0.15, -0.1) is 47.0 Å². The number of nitriles is 4. The summed E-state index contributed by atoms with van der Waals surface area (Å²) in [7, 11) is 0. The number of carboxylic acid groups (broad SMARTS) is 4. The van der Waals surface area contributed by atoms with Crippen LogP contribution in [-0.2, 0) is 19.2 Å². The number of pyridine rings is 4. The third kappa shape index (κ3) is 17.3. The van der Waals surface area contributed by atoms with Gasteiger partial charge in [0.05, 0.1) is 40.5 Å². The smallest absolute Gasteiger partial charge is 0.319 e. The fourth-order valence-electron chi connectivity index (χ4n) is 13.5. The fraction of sp³-hybridized carbons (Fsp3) is 0.149. The molecule has 0 saturated carbocycles. The number of carboxylic acids is 4. The lowest BCUT2D eigenvalue weighted by molar-refractivity contribution is -0.139. The number of hydrogen-bond donors (Lipinski definition) is 4. The molecular weight excluding hydrogens is 1570 g/mol. The molecule has 0 saturated heterocycles. The molecule has 24 heteroatoms. The summed E-state index contributed by atoms with van der Waals surface area (Å²) in [4.78, 5) is 66.5. The maximum Gasteiger partial charge on any atom is 0.319 e. The van der Waals surface area contributed by atoms with Gasteiger partial charge in [-0.2, -0.15) is 21.0 Å². The van der Waals surface area contributed by atoms with Gasteiger partial charge >= 0.3 is 23.9 Å². The van der Waals surface area contributed by atoms with E-state index in [0.29, 0.717) is 73.4 Å². The Kier molecular flexibility index (Phi) is 23.9. The molecule has 18 nitrogen and oxygen atoms in total. The zero-order chi connectivity index (χ0) is 84.1. The first-order valence-corrected chi connectivity index (χ1v) is 39.9. The molecule has 0 amide bonds. The third-order valence-electron chi connectivity index (χ3n) is 19.7. The van der Waals surface area contributed by atoms with E-state index in [1.807, 2.05) is 140 Å². The summed E-state index contributed by atoms with van der Waals surface area (Å²) in [5.41, 5.74) is 8.80. The number of thioether (sulfide) groups is 4. The summed E-state index contributed by atoms with van der Waals surface area (Å²) in [5.74, 6) is -3.44. The van der Waals surface area contributed by atoms with Gasteiger partial charge in [0.15, 0.2) is 11.5 Å². The fourth-order valence-corrected chi connectivity index (χ4v) is 17.4. The minimum atomic E-state index is -1.10. The van der Waals surface area contributed by atoms with Gasteiger partial charge in [-0.05, 0) is 201 Å². The number of fused-ring (bicyclic) bond motifs is 8. The number of aromatic nitrogens is 4. The summed E-state index contributed by atoms with van der Waals surface area (Å²) < 4.78 is 36.5. The molecule has 1 aliphatic heterocycles. The van der Waals surface area contributed by atoms with Gasteiger partial charge in [-0.25, -0.2) is 8.78 Å². The highest BCUT2D eigenvalue weighted by molar-refractivity contribution is 8.02. The lowest BCUT2D eigenvalue weighted by Gasteiger charge is -2.23. The van der Waals surface area contributed by atoms with Crippen molar-refractivity contribution in [3.63, 3.8) is 0 Å². The molecule has 1 aliphatic rings. The van der Waals surface area contributed by atoms with Crippen molar-refractivity contribution in [3.05, 3.63) is 265 Å². The van der Waals surface area contributed by atoms with Gasteiger partial charge < -0.3 is 29.9 Å². The van der Waals surface area contributed by atoms with Crippen LogP contribution in [0.25, 0.3) is 120 Å². The highest BCUT2D eigenvalue weighted by atomic mass is 32.2. The molecule has 584 valence electrons. The van der Waals surface area contributed by atoms with Gasteiger partial charge in [-0.1, -0.05) is 91.0 Å². The van der Waals surface area contributed by atoms with Gasteiger partial charge in [0.1, 0.15) is 49.9 Å². The van der Waals surface area contributed by atoms with Crippen LogP contribution in [0.1, 0.15) is 77.6 Å². The minimum Gasteiger partial charge on any atom is -0.485 e. The van der Waals surface area contributed by atoms with Gasteiger partial charge in [0, 0.05) is 135 Å². The average Bonchev–Trinajstić information content (AvgIpc) is 0.772. The van der Waals surface area contributed by atoms with Crippen molar-refractivity contribution in [2.45, 2.75) is 94.0 Å². The molecule has 0 unspecified atom stereocenters. The summed E-state index contributed by atoms with van der Waals surface area (Å²) in [6.07, 6.45) is 13.7. The van der Waals surface area contributed by atoms with Crippen LogP contribution in [0, 0.1) is 57.0 Å². The van der Waals surface area contributed by atoms with Crippen LogP contribution in [0.3, 0.4) is 0 Å². The number of carbonyl (C=O) groups is 4. The zero-order valence-electron chi connectivity index (χ0n) is 64.6. The van der Waals surface area contributed by atoms with Crippen molar-refractivity contribution >= 4 is 146 Å². The van der Waals surface area contributed by atoms with E-state index in [-0.39, 0.29) is 5.82 Å². The maximum atomic E-state index is 14.9. The van der Waals surface area contributed by atoms with Gasteiger partial charge in [0.25, 0.3) is 0 Å². The van der Waals surface area contributed by atoms with Crippen molar-refractivity contribution in [1.29, 1.82) is 21.0 Å². The van der Waals surface area contributed by atoms with Gasteiger partial charge in [0.2, 0.25) is 0 Å². The predicted octanol–water partition coefficient (Wildman–Crippen LogP) is 22.4. The van der Waals surface area contributed by atoms with E-state index < -0.39 is 48.7 Å². The van der Waals surface area contributed by atoms with Crippen molar-refractivity contribution < 1.29 is 57.9 Å². The number of aliphatic carboxylic acids is 4. The number of rotatable bonds is 16. The summed E-state index contributed by atoms with van der Waals surface area (Å²) in [6, 6.07) is 63.6. The Balaban J connectivity index is 0.000000136. The van der Waals surface area contributed by atoms with E-state index >= 15 is 0 Å². The summed E-state index contributed by atoms with van der Waals surface area (Å²) in [5, 5.41) is 86.9. The molecule has 0 spiro atoms. The zero-order valence-corrected chi connectivity index (χ0v) is 67.8. The molecule has 0 radical (unpaired) electrons. The SMILES string of the molecule is CC(C)(Sc1cc(F)c2cncc(-c3ccc(C#N)c4ccccc34)c2c1)C(=O)O.CC(C)(Sc1ccc2cncc(-c3ccc(C#N)c4c3OCCO4)c2c1)C(=O)O.CC(C)(Sc1ccc2cncc(-c3ccc(C#N)c4ccc(F)cc34)c2c1)C(=O)O.CC(C)(Sc1ccc2cncc(-c3cccc4c(C#N)cccc34)c2c1)C(=O)O. The van der Waals surface area contributed by atoms with Crippen LogP contribution >= 0.6 is 47.0 Å². The first kappa shape index (κ1) is 82.5. The normalized spacial score (nSPS) is 11.9.